The van der Waals surface area contributed by atoms with Crippen LogP contribution in [0, 0.1) is 11.8 Å². The molecule has 1 fully saturated rings. The van der Waals surface area contributed by atoms with Crippen LogP contribution in [0.1, 0.15) is 46.4 Å². The molecule has 0 aliphatic carbocycles. The Kier molecular flexibility index (Phi) is 6.06. The lowest BCUT2D eigenvalue weighted by Gasteiger charge is -2.26. The van der Waals surface area contributed by atoms with Gasteiger partial charge in [0, 0.05) is 25.2 Å². The van der Waals surface area contributed by atoms with Gasteiger partial charge in [0.05, 0.1) is 27.6 Å². The first kappa shape index (κ1) is 21.8. The lowest BCUT2D eigenvalue weighted by Crippen LogP contribution is -2.25. The van der Waals surface area contributed by atoms with Crippen molar-refractivity contribution in [1.82, 2.24) is 9.55 Å². The highest BCUT2D eigenvalue weighted by atomic mass is 32.2. The molecule has 0 spiro atoms. The molecule has 1 saturated heterocycles. The van der Waals surface area contributed by atoms with Gasteiger partial charge in [0.25, 0.3) is 0 Å². The number of imidazole rings is 1. The summed E-state index contributed by atoms with van der Waals surface area (Å²) < 4.78 is 33.1. The number of sulfone groups is 1. The second-order valence-corrected chi connectivity index (χ2v) is 11.1. The van der Waals surface area contributed by atoms with Gasteiger partial charge in [-0.3, -0.25) is 4.79 Å². The Morgan fingerprint density at radius 1 is 1.31 bits per heavy atom. The summed E-state index contributed by atoms with van der Waals surface area (Å²) in [6.45, 7) is 10.1. The van der Waals surface area contributed by atoms with Crippen molar-refractivity contribution in [2.45, 2.75) is 57.4 Å². The van der Waals surface area contributed by atoms with Crippen molar-refractivity contribution < 1.29 is 23.1 Å². The predicted octanol–water partition coefficient (Wildman–Crippen LogP) is 3.25. The fourth-order valence-corrected chi connectivity index (χ4v) is 5.30. The highest BCUT2D eigenvalue weighted by Gasteiger charge is 2.27. The van der Waals surface area contributed by atoms with Crippen LogP contribution in [0.25, 0.3) is 11.0 Å². The average molecular weight is 423 g/mol. The number of hydrogen-bond acceptors (Lipinski definition) is 5. The van der Waals surface area contributed by atoms with Crippen LogP contribution in [0.5, 0.6) is 0 Å². The van der Waals surface area contributed by atoms with Gasteiger partial charge in [-0.25, -0.2) is 13.4 Å². The Labute approximate surface area is 172 Å². The number of carbonyl (C=O) groups is 1. The Morgan fingerprint density at radius 3 is 2.55 bits per heavy atom. The Hall–Kier alpha value is -1.93. The van der Waals surface area contributed by atoms with Crippen LogP contribution >= 0.6 is 0 Å². The number of benzene rings is 1. The molecule has 2 aromatic rings. The molecule has 8 heteroatoms. The molecule has 0 saturated carbocycles. The molecule has 7 nitrogen and oxygen atoms in total. The van der Waals surface area contributed by atoms with Crippen molar-refractivity contribution in [2.75, 3.05) is 19.0 Å². The molecule has 0 amide bonds. The van der Waals surface area contributed by atoms with E-state index in [1.165, 1.54) is 6.92 Å². The molecule has 0 radical (unpaired) electrons. The Balaban J connectivity index is 2.02. The second kappa shape index (κ2) is 8.07. The van der Waals surface area contributed by atoms with Gasteiger partial charge < -0.3 is 14.4 Å². The van der Waals surface area contributed by atoms with Gasteiger partial charge in [-0.2, -0.15) is 0 Å². The van der Waals surface area contributed by atoms with Gasteiger partial charge in [0.2, 0.25) is 0 Å². The predicted molar refractivity (Wildman–Crippen MR) is 111 cm³/mol. The Morgan fingerprint density at radius 2 is 1.97 bits per heavy atom. The van der Waals surface area contributed by atoms with E-state index >= 15 is 0 Å². The van der Waals surface area contributed by atoms with Gasteiger partial charge in [-0.1, -0.05) is 27.7 Å². The van der Waals surface area contributed by atoms with Crippen LogP contribution in [-0.2, 0) is 31.3 Å². The number of hydrogen-bond donors (Lipinski definition) is 1. The topological polar surface area (TPSA) is 98.5 Å². The summed E-state index contributed by atoms with van der Waals surface area (Å²) in [6.07, 6.45) is 2.01. The number of rotatable bonds is 6. The third-order valence-electron chi connectivity index (χ3n) is 5.42. The van der Waals surface area contributed by atoms with Gasteiger partial charge in [-0.05, 0) is 37.0 Å². The number of aromatic nitrogens is 2. The van der Waals surface area contributed by atoms with Crippen LogP contribution in [0.15, 0.2) is 23.1 Å². The van der Waals surface area contributed by atoms with Gasteiger partial charge >= 0.3 is 5.97 Å². The second-order valence-electron chi connectivity index (χ2n) is 9.02. The van der Waals surface area contributed by atoms with E-state index in [-0.39, 0.29) is 10.3 Å². The summed E-state index contributed by atoms with van der Waals surface area (Å²) >= 11 is 0. The van der Waals surface area contributed by atoms with Crippen LogP contribution < -0.4 is 0 Å². The van der Waals surface area contributed by atoms with Crippen LogP contribution in [0.4, 0.5) is 0 Å². The molecule has 2 heterocycles. The van der Waals surface area contributed by atoms with Crippen LogP contribution in [0.3, 0.4) is 0 Å². The fourth-order valence-electron chi connectivity index (χ4n) is 3.74. The molecule has 0 bridgehead atoms. The summed E-state index contributed by atoms with van der Waals surface area (Å²) in [5, 5.41) is 9.06. The molecular weight excluding hydrogens is 392 g/mol. The first-order valence-electron chi connectivity index (χ1n) is 10.0. The zero-order valence-electron chi connectivity index (χ0n) is 17.5. The number of nitrogens with zero attached hydrogens (tertiary/aromatic N) is 2. The maximum atomic E-state index is 12.7. The van der Waals surface area contributed by atoms with Crippen LogP contribution in [0.2, 0.25) is 0 Å². The standard InChI is InChI=1S/C21H30N2O5S/c1-14(19(24)25)13-29(26,27)16-5-6-18-17(11-16)22-20(21(2,3)4)23(18)12-15-7-9-28-10-8-15/h5-6,11,14-15H,7-10,12-13H2,1-4H3,(H,24,25). The lowest BCUT2D eigenvalue weighted by molar-refractivity contribution is -0.140. The molecular formula is C21H30N2O5S. The normalized spacial score (nSPS) is 17.5. The van der Waals surface area contributed by atoms with Crippen molar-refractivity contribution in [3.63, 3.8) is 0 Å². The van der Waals surface area contributed by atoms with E-state index in [4.69, 9.17) is 14.8 Å². The molecule has 1 N–H and O–H groups in total. The van der Waals surface area contributed by atoms with Crippen LogP contribution in [-0.4, -0.2) is 48.0 Å². The van der Waals surface area contributed by atoms with Crippen molar-refractivity contribution in [1.29, 1.82) is 0 Å². The summed E-state index contributed by atoms with van der Waals surface area (Å²) in [5.74, 6) is -1.09. The fraction of sp³-hybridized carbons (Fsp3) is 0.619. The van der Waals surface area contributed by atoms with E-state index in [0.717, 1.165) is 43.9 Å². The van der Waals surface area contributed by atoms with Gasteiger partial charge in [-0.15, -0.1) is 0 Å². The molecule has 160 valence electrons. The van der Waals surface area contributed by atoms with E-state index in [0.29, 0.717) is 11.4 Å². The van der Waals surface area contributed by atoms with Gasteiger partial charge in [0.1, 0.15) is 5.82 Å². The molecule has 1 aliphatic heterocycles. The summed E-state index contributed by atoms with van der Waals surface area (Å²) in [6, 6.07) is 4.95. The maximum absolute atomic E-state index is 12.7. The van der Waals surface area contributed by atoms with E-state index in [1.54, 1.807) is 18.2 Å². The van der Waals surface area contributed by atoms with Crippen molar-refractivity contribution in [3.8, 4) is 0 Å². The maximum Gasteiger partial charge on any atom is 0.307 e. The zero-order valence-corrected chi connectivity index (χ0v) is 18.3. The summed E-state index contributed by atoms with van der Waals surface area (Å²) in [4.78, 5) is 16.0. The van der Waals surface area contributed by atoms with E-state index in [9.17, 15) is 13.2 Å². The third kappa shape index (κ3) is 4.80. The van der Waals surface area contributed by atoms with Gasteiger partial charge in [0.15, 0.2) is 9.84 Å². The van der Waals surface area contributed by atoms with E-state index in [2.05, 4.69) is 25.3 Å². The van der Waals surface area contributed by atoms with Crippen molar-refractivity contribution in [2.24, 2.45) is 11.8 Å². The highest BCUT2D eigenvalue weighted by Crippen LogP contribution is 2.30. The lowest BCUT2D eigenvalue weighted by atomic mass is 9.94. The number of fused-ring (bicyclic) bond motifs is 1. The summed E-state index contributed by atoms with van der Waals surface area (Å²) in [5.41, 5.74) is 1.35. The molecule has 29 heavy (non-hydrogen) atoms. The molecule has 1 aromatic carbocycles. The monoisotopic (exact) mass is 422 g/mol. The Bertz CT molecular complexity index is 998. The third-order valence-corrected chi connectivity index (χ3v) is 7.33. The SMILES string of the molecule is CC(CS(=O)(=O)c1ccc2c(c1)nc(C(C)(C)C)n2CC1CCOCC1)C(=O)O. The summed E-state index contributed by atoms with van der Waals surface area (Å²) in [7, 11) is -3.71. The molecule has 1 atom stereocenters. The smallest absolute Gasteiger partial charge is 0.307 e. The first-order valence-corrected chi connectivity index (χ1v) is 11.7. The molecule has 3 rings (SSSR count). The average Bonchev–Trinajstić information content (AvgIpc) is 3.00. The van der Waals surface area contributed by atoms with E-state index in [1.807, 2.05) is 0 Å². The largest absolute Gasteiger partial charge is 0.481 e. The van der Waals surface area contributed by atoms with Crippen molar-refractivity contribution in [3.05, 3.63) is 24.0 Å². The number of aliphatic carboxylic acids is 1. The quantitative estimate of drug-likeness (QED) is 0.767. The van der Waals surface area contributed by atoms with E-state index < -0.39 is 27.5 Å². The minimum absolute atomic E-state index is 0.120. The minimum Gasteiger partial charge on any atom is -0.481 e. The number of carboxylic acid groups (broad SMARTS) is 1. The highest BCUT2D eigenvalue weighted by molar-refractivity contribution is 7.91. The minimum atomic E-state index is -3.71. The van der Waals surface area contributed by atoms with Crippen molar-refractivity contribution >= 4 is 26.8 Å². The number of ether oxygens (including phenoxy) is 1. The molecule has 1 unspecified atom stereocenters. The number of carboxylic acids is 1. The zero-order chi connectivity index (χ0) is 21.4. The first-order chi connectivity index (χ1) is 13.5. The molecule has 1 aromatic heterocycles. The molecule has 1 aliphatic rings.